The fourth-order valence-corrected chi connectivity index (χ4v) is 2.04. The van der Waals surface area contributed by atoms with E-state index in [0.29, 0.717) is 17.2 Å². The predicted octanol–water partition coefficient (Wildman–Crippen LogP) is 4.27. The van der Waals surface area contributed by atoms with Crippen LogP contribution in [0.25, 0.3) is 0 Å². The highest BCUT2D eigenvalue weighted by Gasteiger charge is 2.13. The van der Waals surface area contributed by atoms with Gasteiger partial charge in [-0.25, -0.2) is 0 Å². The Morgan fingerprint density at radius 3 is 2.55 bits per heavy atom. The Kier molecular flexibility index (Phi) is 4.71. The van der Waals surface area contributed by atoms with Crippen LogP contribution in [0.3, 0.4) is 0 Å². The van der Waals surface area contributed by atoms with Crippen LogP contribution in [0.4, 0.5) is 5.69 Å². The van der Waals surface area contributed by atoms with Gasteiger partial charge in [0.05, 0.1) is 23.7 Å². The number of halogens is 1. The standard InChI is InChI=1S/C15H14ClNO3/c1-11-6-7-13(15(8-11)17(18)19)10-20-9-12-4-2-3-5-14(12)16/h2-8H,9-10H2,1H3. The Labute approximate surface area is 122 Å². The van der Waals surface area contributed by atoms with Gasteiger partial charge in [-0.2, -0.15) is 0 Å². The fourth-order valence-electron chi connectivity index (χ4n) is 1.85. The smallest absolute Gasteiger partial charge is 0.275 e. The maximum Gasteiger partial charge on any atom is 0.275 e. The Hall–Kier alpha value is -1.91. The highest BCUT2D eigenvalue weighted by molar-refractivity contribution is 6.31. The van der Waals surface area contributed by atoms with Crippen molar-refractivity contribution in [3.05, 3.63) is 74.3 Å². The largest absolute Gasteiger partial charge is 0.372 e. The first-order chi connectivity index (χ1) is 9.58. The summed E-state index contributed by atoms with van der Waals surface area (Å²) in [6, 6.07) is 12.5. The lowest BCUT2D eigenvalue weighted by molar-refractivity contribution is -0.386. The van der Waals surface area contributed by atoms with E-state index in [9.17, 15) is 10.1 Å². The number of rotatable bonds is 5. The van der Waals surface area contributed by atoms with Crippen LogP contribution in [0.2, 0.25) is 5.02 Å². The topological polar surface area (TPSA) is 52.4 Å². The molecule has 2 aromatic carbocycles. The van der Waals surface area contributed by atoms with Crippen molar-refractivity contribution >= 4 is 17.3 Å². The zero-order valence-electron chi connectivity index (χ0n) is 11.0. The maximum absolute atomic E-state index is 11.0. The second-order valence-electron chi connectivity index (χ2n) is 4.47. The molecule has 20 heavy (non-hydrogen) atoms. The lowest BCUT2D eigenvalue weighted by Gasteiger charge is -2.07. The van der Waals surface area contributed by atoms with Crippen LogP contribution in [-0.2, 0) is 18.0 Å². The highest BCUT2D eigenvalue weighted by Crippen LogP contribution is 2.22. The Bertz CT molecular complexity index is 628. The van der Waals surface area contributed by atoms with E-state index in [2.05, 4.69) is 0 Å². The number of nitro benzene ring substituents is 1. The molecule has 0 unspecified atom stereocenters. The van der Waals surface area contributed by atoms with E-state index >= 15 is 0 Å². The normalized spacial score (nSPS) is 10.5. The van der Waals surface area contributed by atoms with Crippen molar-refractivity contribution in [2.45, 2.75) is 20.1 Å². The van der Waals surface area contributed by atoms with Crippen molar-refractivity contribution in [3.8, 4) is 0 Å². The molecule has 0 spiro atoms. The summed E-state index contributed by atoms with van der Waals surface area (Å²) in [7, 11) is 0. The zero-order chi connectivity index (χ0) is 14.5. The van der Waals surface area contributed by atoms with Crippen molar-refractivity contribution in [2.75, 3.05) is 0 Å². The van der Waals surface area contributed by atoms with Gasteiger partial charge < -0.3 is 4.74 Å². The second-order valence-corrected chi connectivity index (χ2v) is 4.88. The summed E-state index contributed by atoms with van der Waals surface area (Å²) in [5.74, 6) is 0. The van der Waals surface area contributed by atoms with E-state index in [0.717, 1.165) is 11.1 Å². The molecule has 4 nitrogen and oxygen atoms in total. The van der Waals surface area contributed by atoms with Crippen molar-refractivity contribution in [1.82, 2.24) is 0 Å². The summed E-state index contributed by atoms with van der Waals surface area (Å²) in [4.78, 5) is 10.6. The molecule has 0 aliphatic carbocycles. The number of ether oxygens (including phenoxy) is 1. The quantitative estimate of drug-likeness (QED) is 0.610. The molecule has 0 aliphatic rings. The molecule has 0 fully saturated rings. The number of nitrogens with zero attached hydrogens (tertiary/aromatic N) is 1. The van der Waals surface area contributed by atoms with Gasteiger partial charge in [0, 0.05) is 11.1 Å². The van der Waals surface area contributed by atoms with E-state index in [4.69, 9.17) is 16.3 Å². The van der Waals surface area contributed by atoms with Gasteiger partial charge in [0.1, 0.15) is 0 Å². The fraction of sp³-hybridized carbons (Fsp3) is 0.200. The van der Waals surface area contributed by atoms with E-state index in [1.807, 2.05) is 31.2 Å². The molecule has 0 N–H and O–H groups in total. The molecule has 0 atom stereocenters. The number of nitro groups is 1. The van der Waals surface area contributed by atoms with Gasteiger partial charge in [0.15, 0.2) is 0 Å². The summed E-state index contributed by atoms with van der Waals surface area (Å²) >= 11 is 6.02. The predicted molar refractivity (Wildman–Crippen MR) is 77.8 cm³/mol. The third kappa shape index (κ3) is 3.56. The molecule has 0 radical (unpaired) electrons. The van der Waals surface area contributed by atoms with Crippen LogP contribution < -0.4 is 0 Å². The van der Waals surface area contributed by atoms with Gasteiger partial charge in [0.25, 0.3) is 5.69 Å². The molecule has 2 rings (SSSR count). The lowest BCUT2D eigenvalue weighted by Crippen LogP contribution is -2.00. The van der Waals surface area contributed by atoms with Crippen molar-refractivity contribution in [3.63, 3.8) is 0 Å². The third-order valence-electron chi connectivity index (χ3n) is 2.91. The molecule has 2 aromatic rings. The molecule has 5 heteroatoms. The summed E-state index contributed by atoms with van der Waals surface area (Å²) in [5.41, 5.74) is 2.37. The van der Waals surface area contributed by atoms with Crippen LogP contribution >= 0.6 is 11.6 Å². The van der Waals surface area contributed by atoms with Gasteiger partial charge >= 0.3 is 0 Å². The molecule has 104 valence electrons. The Morgan fingerprint density at radius 2 is 1.85 bits per heavy atom. The average molecular weight is 292 g/mol. The second kappa shape index (κ2) is 6.50. The SMILES string of the molecule is Cc1ccc(COCc2ccccc2Cl)c([N+](=O)[O-])c1. The van der Waals surface area contributed by atoms with Crippen LogP contribution in [0.5, 0.6) is 0 Å². The zero-order valence-corrected chi connectivity index (χ0v) is 11.8. The first-order valence-corrected chi connectivity index (χ1v) is 6.51. The van der Waals surface area contributed by atoms with Crippen LogP contribution in [0.15, 0.2) is 42.5 Å². The molecule has 0 amide bonds. The van der Waals surface area contributed by atoms with E-state index < -0.39 is 0 Å². The number of benzene rings is 2. The lowest BCUT2D eigenvalue weighted by atomic mass is 10.1. The van der Waals surface area contributed by atoms with Crippen LogP contribution in [0, 0.1) is 17.0 Å². The van der Waals surface area contributed by atoms with Gasteiger partial charge in [-0.05, 0) is 30.2 Å². The molecular formula is C15H14ClNO3. The summed E-state index contributed by atoms with van der Waals surface area (Å²) in [6.07, 6.45) is 0. The van der Waals surface area contributed by atoms with Gasteiger partial charge in [-0.3, -0.25) is 10.1 Å². The van der Waals surface area contributed by atoms with Crippen molar-refractivity contribution < 1.29 is 9.66 Å². The molecular weight excluding hydrogens is 278 g/mol. The van der Waals surface area contributed by atoms with Crippen molar-refractivity contribution in [1.29, 1.82) is 0 Å². The molecule has 0 heterocycles. The third-order valence-corrected chi connectivity index (χ3v) is 3.28. The average Bonchev–Trinajstić information content (AvgIpc) is 2.42. The summed E-state index contributed by atoms with van der Waals surface area (Å²) in [5, 5.41) is 11.6. The Balaban J connectivity index is 2.05. The van der Waals surface area contributed by atoms with Gasteiger partial charge in [-0.1, -0.05) is 35.9 Å². The van der Waals surface area contributed by atoms with Crippen molar-refractivity contribution in [2.24, 2.45) is 0 Å². The Morgan fingerprint density at radius 1 is 1.15 bits per heavy atom. The molecule has 0 saturated heterocycles. The number of hydrogen-bond acceptors (Lipinski definition) is 3. The summed E-state index contributed by atoms with van der Waals surface area (Å²) in [6.45, 7) is 2.33. The maximum atomic E-state index is 11.0. The minimum Gasteiger partial charge on any atom is -0.372 e. The summed E-state index contributed by atoms with van der Waals surface area (Å²) < 4.78 is 5.53. The number of hydrogen-bond donors (Lipinski definition) is 0. The van der Waals surface area contributed by atoms with E-state index in [-0.39, 0.29) is 17.2 Å². The molecule has 0 aliphatic heterocycles. The van der Waals surface area contributed by atoms with E-state index in [1.54, 1.807) is 18.2 Å². The molecule has 0 bridgehead atoms. The van der Waals surface area contributed by atoms with E-state index in [1.165, 1.54) is 0 Å². The van der Waals surface area contributed by atoms with Gasteiger partial charge in [0.2, 0.25) is 0 Å². The first-order valence-electron chi connectivity index (χ1n) is 6.13. The molecule has 0 aromatic heterocycles. The highest BCUT2D eigenvalue weighted by atomic mass is 35.5. The monoisotopic (exact) mass is 291 g/mol. The minimum absolute atomic E-state index is 0.0872. The van der Waals surface area contributed by atoms with Gasteiger partial charge in [-0.15, -0.1) is 0 Å². The van der Waals surface area contributed by atoms with Crippen LogP contribution in [0.1, 0.15) is 16.7 Å². The molecule has 0 saturated carbocycles. The number of aryl methyl sites for hydroxylation is 1. The minimum atomic E-state index is -0.388. The first kappa shape index (κ1) is 14.5. The van der Waals surface area contributed by atoms with Crippen LogP contribution in [-0.4, -0.2) is 4.92 Å².